The van der Waals surface area contributed by atoms with Crippen molar-refractivity contribution in [3.05, 3.63) is 59.7 Å². The highest BCUT2D eigenvalue weighted by Gasteiger charge is 2.20. The highest BCUT2D eigenvalue weighted by atomic mass is 16.5. The molecule has 0 spiro atoms. The number of methoxy groups -OCH3 is 3. The summed E-state index contributed by atoms with van der Waals surface area (Å²) < 4.78 is 20.8. The topological polar surface area (TPSA) is 91.3 Å². The number of esters is 1. The molecule has 0 amide bonds. The number of hydrogen-bond donors (Lipinski definition) is 1. The van der Waals surface area contributed by atoms with Crippen molar-refractivity contribution < 1.29 is 33.6 Å². The van der Waals surface area contributed by atoms with Gasteiger partial charge in [0.2, 0.25) is 11.5 Å². The summed E-state index contributed by atoms with van der Waals surface area (Å²) in [4.78, 5) is 24.9. The van der Waals surface area contributed by atoms with Crippen LogP contribution >= 0.6 is 0 Å². The molecule has 7 nitrogen and oxygen atoms in total. The lowest BCUT2D eigenvalue weighted by atomic mass is 10.1. The van der Waals surface area contributed by atoms with Gasteiger partial charge in [-0.1, -0.05) is 24.3 Å². The number of aromatic hydroxyl groups is 1. The van der Waals surface area contributed by atoms with E-state index in [2.05, 4.69) is 0 Å². The van der Waals surface area contributed by atoms with Crippen LogP contribution in [0.25, 0.3) is 10.8 Å². The van der Waals surface area contributed by atoms with Crippen molar-refractivity contribution in [3.63, 3.8) is 0 Å². The van der Waals surface area contributed by atoms with Gasteiger partial charge in [0.25, 0.3) is 0 Å². The fraction of sp³-hybridized carbons (Fsp3) is 0.182. The van der Waals surface area contributed by atoms with Crippen molar-refractivity contribution in [3.8, 4) is 23.0 Å². The predicted octanol–water partition coefficient (Wildman–Crippen LogP) is 3.61. The Kier molecular flexibility index (Phi) is 5.87. The largest absolute Gasteiger partial charge is 0.507 e. The maximum Gasteiger partial charge on any atom is 0.342 e. The van der Waals surface area contributed by atoms with Crippen LogP contribution in [0.3, 0.4) is 0 Å². The second-order valence-electron chi connectivity index (χ2n) is 6.13. The summed E-state index contributed by atoms with van der Waals surface area (Å²) in [5, 5.41) is 11.7. The molecule has 0 unspecified atom stereocenters. The molecule has 0 aliphatic heterocycles. The Morgan fingerprint density at radius 1 is 0.862 bits per heavy atom. The van der Waals surface area contributed by atoms with Crippen molar-refractivity contribution >= 4 is 22.5 Å². The summed E-state index contributed by atoms with van der Waals surface area (Å²) in [6, 6.07) is 13.2. The number of ether oxygens (including phenoxy) is 4. The van der Waals surface area contributed by atoms with Gasteiger partial charge in [-0.2, -0.15) is 0 Å². The zero-order chi connectivity index (χ0) is 21.0. The first-order chi connectivity index (χ1) is 14.0. The van der Waals surface area contributed by atoms with Crippen LogP contribution in [0.4, 0.5) is 0 Å². The number of benzene rings is 3. The lowest BCUT2D eigenvalue weighted by Gasteiger charge is -2.14. The molecule has 0 saturated heterocycles. The Labute approximate surface area is 167 Å². The van der Waals surface area contributed by atoms with E-state index < -0.39 is 18.4 Å². The fourth-order valence-corrected chi connectivity index (χ4v) is 2.93. The van der Waals surface area contributed by atoms with Crippen LogP contribution in [0.5, 0.6) is 23.0 Å². The number of Topliss-reactive ketones (excluding diaryl/α,β-unsaturated/α-hetero) is 1. The van der Waals surface area contributed by atoms with E-state index in [1.807, 2.05) is 24.3 Å². The Balaban J connectivity index is 1.79. The molecular formula is C22H20O7. The minimum Gasteiger partial charge on any atom is -0.507 e. The summed E-state index contributed by atoms with van der Waals surface area (Å²) in [5.41, 5.74) is 0.219. The average Bonchev–Trinajstić information content (AvgIpc) is 2.75. The quantitative estimate of drug-likeness (QED) is 0.482. The summed E-state index contributed by atoms with van der Waals surface area (Å²) in [6.07, 6.45) is 0. The molecule has 7 heteroatoms. The maximum atomic E-state index is 12.5. The predicted molar refractivity (Wildman–Crippen MR) is 106 cm³/mol. The minimum atomic E-state index is -0.797. The third kappa shape index (κ3) is 4.08. The molecule has 0 aliphatic rings. The van der Waals surface area contributed by atoms with Crippen molar-refractivity contribution in [1.82, 2.24) is 0 Å². The zero-order valence-corrected chi connectivity index (χ0v) is 16.2. The van der Waals surface area contributed by atoms with Crippen LogP contribution in [-0.2, 0) is 4.74 Å². The molecule has 0 aromatic heterocycles. The molecule has 150 valence electrons. The van der Waals surface area contributed by atoms with Crippen LogP contribution < -0.4 is 14.2 Å². The smallest absolute Gasteiger partial charge is 0.342 e. The number of hydrogen-bond acceptors (Lipinski definition) is 7. The molecular weight excluding hydrogens is 376 g/mol. The lowest BCUT2D eigenvalue weighted by molar-refractivity contribution is 0.0472. The maximum absolute atomic E-state index is 12.5. The van der Waals surface area contributed by atoms with Gasteiger partial charge in [-0.15, -0.1) is 0 Å². The second kappa shape index (κ2) is 8.52. The SMILES string of the molecule is COc1cc(C(=O)COC(=O)c2cc3ccccc3cc2O)cc(OC)c1OC. The molecule has 0 aliphatic carbocycles. The first-order valence-electron chi connectivity index (χ1n) is 8.70. The van der Waals surface area contributed by atoms with Gasteiger partial charge >= 0.3 is 5.97 Å². The fourth-order valence-electron chi connectivity index (χ4n) is 2.93. The number of phenolic OH excluding ortho intramolecular Hbond substituents is 1. The molecule has 1 N–H and O–H groups in total. The van der Waals surface area contributed by atoms with Gasteiger partial charge in [0.05, 0.1) is 21.3 Å². The molecule has 3 aromatic carbocycles. The normalized spacial score (nSPS) is 10.4. The first kappa shape index (κ1) is 20.0. The van der Waals surface area contributed by atoms with Gasteiger partial charge in [0, 0.05) is 5.56 Å². The lowest BCUT2D eigenvalue weighted by Crippen LogP contribution is -2.15. The Hall–Kier alpha value is -3.74. The highest BCUT2D eigenvalue weighted by Crippen LogP contribution is 2.38. The van der Waals surface area contributed by atoms with Crippen LogP contribution in [0, 0.1) is 0 Å². The van der Waals surface area contributed by atoms with Crippen molar-refractivity contribution in [1.29, 1.82) is 0 Å². The van der Waals surface area contributed by atoms with Crippen molar-refractivity contribution in [2.24, 2.45) is 0 Å². The van der Waals surface area contributed by atoms with E-state index in [0.717, 1.165) is 10.8 Å². The van der Waals surface area contributed by atoms with Gasteiger partial charge in [-0.05, 0) is 35.0 Å². The van der Waals surface area contributed by atoms with E-state index in [1.165, 1.54) is 45.6 Å². The summed E-state index contributed by atoms with van der Waals surface area (Å²) in [6.45, 7) is -0.510. The van der Waals surface area contributed by atoms with E-state index in [0.29, 0.717) is 17.2 Å². The third-order valence-corrected chi connectivity index (χ3v) is 4.40. The van der Waals surface area contributed by atoms with Crippen LogP contribution in [0.1, 0.15) is 20.7 Å². The monoisotopic (exact) mass is 396 g/mol. The summed E-state index contributed by atoms with van der Waals surface area (Å²) >= 11 is 0. The Bertz CT molecular complexity index is 1050. The summed E-state index contributed by atoms with van der Waals surface area (Å²) in [7, 11) is 4.34. The molecule has 0 bridgehead atoms. The number of carbonyl (C=O) groups excluding carboxylic acids is 2. The molecule has 3 aromatic rings. The molecule has 0 saturated carbocycles. The Morgan fingerprint density at radius 2 is 1.45 bits per heavy atom. The molecule has 0 heterocycles. The number of ketones is 1. The number of phenols is 1. The van der Waals surface area contributed by atoms with Gasteiger partial charge < -0.3 is 24.1 Å². The standard InChI is InChI=1S/C22H20O7/c1-26-19-10-15(11-20(27-2)21(19)28-3)18(24)12-29-22(25)16-8-13-6-4-5-7-14(13)9-17(16)23/h4-11,23H,12H2,1-3H3. The molecule has 0 atom stereocenters. The van der Waals surface area contributed by atoms with Crippen LogP contribution in [0.15, 0.2) is 48.5 Å². The molecule has 0 fully saturated rings. The van der Waals surface area contributed by atoms with Gasteiger partial charge in [-0.3, -0.25) is 4.79 Å². The van der Waals surface area contributed by atoms with Gasteiger partial charge in [0.1, 0.15) is 11.3 Å². The minimum absolute atomic E-state index is 0.0126. The van der Waals surface area contributed by atoms with Crippen molar-refractivity contribution in [2.75, 3.05) is 27.9 Å². The van der Waals surface area contributed by atoms with Crippen LogP contribution in [0.2, 0.25) is 0 Å². The summed E-state index contributed by atoms with van der Waals surface area (Å²) in [5.74, 6) is -0.493. The molecule has 3 rings (SSSR count). The number of carbonyl (C=O) groups is 2. The molecule has 29 heavy (non-hydrogen) atoms. The average molecular weight is 396 g/mol. The first-order valence-corrected chi connectivity index (χ1v) is 8.70. The highest BCUT2D eigenvalue weighted by molar-refractivity contribution is 6.02. The third-order valence-electron chi connectivity index (χ3n) is 4.40. The molecule has 0 radical (unpaired) electrons. The van der Waals surface area contributed by atoms with Crippen molar-refractivity contribution in [2.45, 2.75) is 0 Å². The van der Waals surface area contributed by atoms with Crippen LogP contribution in [-0.4, -0.2) is 44.8 Å². The Morgan fingerprint density at radius 3 is 2.00 bits per heavy atom. The van der Waals surface area contributed by atoms with E-state index >= 15 is 0 Å². The van der Waals surface area contributed by atoms with E-state index in [4.69, 9.17) is 18.9 Å². The number of rotatable bonds is 7. The van der Waals surface area contributed by atoms with E-state index in [1.54, 1.807) is 0 Å². The number of fused-ring (bicyclic) bond motifs is 1. The van der Waals surface area contributed by atoms with Gasteiger partial charge in [0.15, 0.2) is 18.1 Å². The van der Waals surface area contributed by atoms with E-state index in [9.17, 15) is 14.7 Å². The van der Waals surface area contributed by atoms with E-state index in [-0.39, 0.29) is 16.9 Å². The van der Waals surface area contributed by atoms with Gasteiger partial charge in [-0.25, -0.2) is 4.79 Å². The zero-order valence-electron chi connectivity index (χ0n) is 16.2. The second-order valence-corrected chi connectivity index (χ2v) is 6.13.